The van der Waals surface area contributed by atoms with Crippen molar-refractivity contribution in [2.45, 2.75) is 0 Å². The van der Waals surface area contributed by atoms with Gasteiger partial charge < -0.3 is 4.18 Å². The van der Waals surface area contributed by atoms with Gasteiger partial charge in [-0.25, -0.2) is 0 Å². The first-order valence-corrected chi connectivity index (χ1v) is 6.42. The van der Waals surface area contributed by atoms with Gasteiger partial charge in [-0.3, -0.25) is 0 Å². The second-order valence-corrected chi connectivity index (χ2v) is 5.55. The van der Waals surface area contributed by atoms with Gasteiger partial charge in [0.25, 0.3) is 0 Å². The van der Waals surface area contributed by atoms with E-state index in [4.69, 9.17) is 4.18 Å². The van der Waals surface area contributed by atoms with Crippen LogP contribution in [0.5, 0.6) is 5.75 Å². The van der Waals surface area contributed by atoms with E-state index < -0.39 is 10.3 Å². The first kappa shape index (κ1) is 10.1. The van der Waals surface area contributed by atoms with E-state index in [9.17, 15) is 8.42 Å². The highest BCUT2D eigenvalue weighted by Crippen LogP contribution is 2.34. The van der Waals surface area contributed by atoms with Gasteiger partial charge >= 0.3 is 10.3 Å². The predicted octanol–water partition coefficient (Wildman–Crippen LogP) is 2.27. The number of hydrogen-bond donors (Lipinski definition) is 0. The number of rotatable bonds is 0. The molecule has 0 unspecified atom stereocenters. The summed E-state index contributed by atoms with van der Waals surface area (Å²) in [5.41, 5.74) is 0.612. The van der Waals surface area contributed by atoms with Crippen LogP contribution in [0.25, 0.3) is 0 Å². The van der Waals surface area contributed by atoms with Crippen molar-refractivity contribution in [2.24, 2.45) is 4.40 Å². The molecule has 0 radical (unpaired) electrons. The van der Waals surface area contributed by atoms with Crippen LogP contribution in [0, 0.1) is 0 Å². The molecule has 1 aliphatic heterocycles. The van der Waals surface area contributed by atoms with Crippen LogP contribution >= 0.6 is 31.9 Å². The Morgan fingerprint density at radius 3 is 2.71 bits per heavy atom. The summed E-state index contributed by atoms with van der Waals surface area (Å²) in [5, 5.41) is 0. The molecular weight excluding hydrogens is 338 g/mol. The standard InChI is InChI=1S/C7H3Br2NO3S/c8-5-1-4-3-10-14(11,12)13-7(4)6(9)2-5/h1-3H. The molecule has 74 valence electrons. The van der Waals surface area contributed by atoms with Gasteiger partial charge in [-0.15, -0.1) is 4.40 Å². The van der Waals surface area contributed by atoms with Crippen molar-refractivity contribution in [2.75, 3.05) is 0 Å². The Kier molecular flexibility index (Phi) is 2.40. The number of nitrogens with zero attached hydrogens (tertiary/aromatic N) is 1. The molecule has 0 bridgehead atoms. The fourth-order valence-electron chi connectivity index (χ4n) is 1.01. The first-order valence-electron chi connectivity index (χ1n) is 3.47. The Balaban J connectivity index is 2.68. The minimum atomic E-state index is -3.81. The highest BCUT2D eigenvalue weighted by molar-refractivity contribution is 9.11. The van der Waals surface area contributed by atoms with E-state index in [1.807, 2.05) is 0 Å². The lowest BCUT2D eigenvalue weighted by Gasteiger charge is -2.12. The summed E-state index contributed by atoms with van der Waals surface area (Å²) in [7, 11) is -3.81. The second-order valence-electron chi connectivity index (χ2n) is 2.55. The van der Waals surface area contributed by atoms with Crippen molar-refractivity contribution in [3.8, 4) is 5.75 Å². The molecule has 0 saturated heterocycles. The van der Waals surface area contributed by atoms with E-state index in [1.165, 1.54) is 6.21 Å². The second kappa shape index (κ2) is 3.32. The third-order valence-corrected chi connectivity index (χ3v) is 3.33. The Labute approximate surface area is 97.5 Å². The van der Waals surface area contributed by atoms with Crippen molar-refractivity contribution in [1.29, 1.82) is 0 Å². The van der Waals surface area contributed by atoms with Crippen LogP contribution in [0.4, 0.5) is 0 Å². The maximum Gasteiger partial charge on any atom is 0.428 e. The minimum Gasteiger partial charge on any atom is -0.364 e. The third kappa shape index (κ3) is 1.84. The molecule has 4 nitrogen and oxygen atoms in total. The summed E-state index contributed by atoms with van der Waals surface area (Å²) in [4.78, 5) is 0. The van der Waals surface area contributed by atoms with Gasteiger partial charge in [-0.1, -0.05) is 15.9 Å². The SMILES string of the molecule is O=S1(=O)N=Cc2cc(Br)cc(Br)c2O1. The number of benzene rings is 1. The van der Waals surface area contributed by atoms with E-state index >= 15 is 0 Å². The molecule has 0 fully saturated rings. The predicted molar refractivity (Wildman–Crippen MR) is 59.0 cm³/mol. The molecule has 0 amide bonds. The molecule has 1 aromatic carbocycles. The highest BCUT2D eigenvalue weighted by atomic mass is 79.9. The topological polar surface area (TPSA) is 55.7 Å². The van der Waals surface area contributed by atoms with Gasteiger partial charge in [0.15, 0.2) is 5.75 Å². The van der Waals surface area contributed by atoms with Crippen LogP contribution in [0.15, 0.2) is 25.5 Å². The van der Waals surface area contributed by atoms with Crippen molar-refractivity contribution >= 4 is 48.4 Å². The molecule has 1 aromatic rings. The van der Waals surface area contributed by atoms with Gasteiger partial charge in [0.1, 0.15) is 0 Å². The van der Waals surface area contributed by atoms with E-state index in [0.29, 0.717) is 10.0 Å². The van der Waals surface area contributed by atoms with Gasteiger partial charge in [0.05, 0.1) is 10.7 Å². The molecule has 14 heavy (non-hydrogen) atoms. The maximum atomic E-state index is 11.0. The summed E-state index contributed by atoms with van der Waals surface area (Å²) in [6.45, 7) is 0. The minimum absolute atomic E-state index is 0.267. The molecule has 0 aromatic heterocycles. The van der Waals surface area contributed by atoms with Crippen LogP contribution in [-0.2, 0) is 10.3 Å². The zero-order chi connectivity index (χ0) is 10.3. The fraction of sp³-hybridized carbons (Fsp3) is 0. The van der Waals surface area contributed by atoms with E-state index in [2.05, 4.69) is 36.3 Å². The largest absolute Gasteiger partial charge is 0.428 e. The van der Waals surface area contributed by atoms with Crippen molar-refractivity contribution in [3.05, 3.63) is 26.6 Å². The molecule has 1 aliphatic rings. The molecule has 0 saturated carbocycles. The average molecular weight is 341 g/mol. The van der Waals surface area contributed by atoms with Gasteiger partial charge in [0, 0.05) is 10.0 Å². The molecule has 0 N–H and O–H groups in total. The van der Waals surface area contributed by atoms with Crippen molar-refractivity contribution in [3.63, 3.8) is 0 Å². The monoisotopic (exact) mass is 339 g/mol. The van der Waals surface area contributed by atoms with Crippen LogP contribution in [0.3, 0.4) is 0 Å². The van der Waals surface area contributed by atoms with E-state index in [1.54, 1.807) is 12.1 Å². The highest BCUT2D eigenvalue weighted by Gasteiger charge is 2.21. The summed E-state index contributed by atoms with van der Waals surface area (Å²) < 4.78 is 31.4. The van der Waals surface area contributed by atoms with Gasteiger partial charge in [0.2, 0.25) is 0 Å². The van der Waals surface area contributed by atoms with Crippen molar-refractivity contribution in [1.82, 2.24) is 0 Å². The molecule has 7 heteroatoms. The number of halogens is 2. The van der Waals surface area contributed by atoms with Crippen LogP contribution in [0.1, 0.15) is 5.56 Å². The average Bonchev–Trinajstić information content (AvgIpc) is 2.06. The van der Waals surface area contributed by atoms with E-state index in [-0.39, 0.29) is 5.75 Å². The molecule has 0 spiro atoms. The molecule has 0 atom stereocenters. The lowest BCUT2D eigenvalue weighted by atomic mass is 10.2. The summed E-state index contributed by atoms with van der Waals surface area (Å²) in [6, 6.07) is 3.42. The zero-order valence-electron chi connectivity index (χ0n) is 6.57. The number of hydrogen-bond acceptors (Lipinski definition) is 3. The molecule has 0 aliphatic carbocycles. The first-order chi connectivity index (χ1) is 6.48. The van der Waals surface area contributed by atoms with Crippen molar-refractivity contribution < 1.29 is 12.6 Å². The lowest BCUT2D eigenvalue weighted by molar-refractivity contribution is 0.484. The quantitative estimate of drug-likeness (QED) is 0.728. The number of fused-ring (bicyclic) bond motifs is 1. The fourth-order valence-corrected chi connectivity index (χ4v) is 3.14. The Morgan fingerprint density at radius 1 is 1.29 bits per heavy atom. The zero-order valence-corrected chi connectivity index (χ0v) is 10.6. The molecule has 2 rings (SSSR count). The Hall–Kier alpha value is -0.400. The van der Waals surface area contributed by atoms with Crippen LogP contribution in [-0.4, -0.2) is 14.6 Å². The smallest absolute Gasteiger partial charge is 0.364 e. The van der Waals surface area contributed by atoms with Crippen LogP contribution < -0.4 is 4.18 Å². The Morgan fingerprint density at radius 2 is 2.00 bits per heavy atom. The molecular formula is C7H3Br2NO3S. The van der Waals surface area contributed by atoms with Crippen LogP contribution in [0.2, 0.25) is 0 Å². The summed E-state index contributed by atoms with van der Waals surface area (Å²) in [6.07, 6.45) is 1.25. The Bertz CT molecular complexity index is 524. The van der Waals surface area contributed by atoms with Gasteiger partial charge in [-0.2, -0.15) is 8.42 Å². The third-order valence-electron chi connectivity index (χ3n) is 1.55. The van der Waals surface area contributed by atoms with Gasteiger partial charge in [-0.05, 0) is 28.1 Å². The summed E-state index contributed by atoms with van der Waals surface area (Å²) >= 11 is 6.48. The maximum absolute atomic E-state index is 11.0. The molecule has 1 heterocycles. The summed E-state index contributed by atoms with van der Waals surface area (Å²) in [5.74, 6) is 0.267. The van der Waals surface area contributed by atoms with E-state index in [0.717, 1.165) is 4.47 Å². The lowest BCUT2D eigenvalue weighted by Crippen LogP contribution is -2.12. The normalized spacial score (nSPS) is 17.3.